The summed E-state index contributed by atoms with van der Waals surface area (Å²) in [6, 6.07) is 10.6. The molecule has 3 heterocycles. The van der Waals surface area contributed by atoms with Crippen molar-refractivity contribution in [3.05, 3.63) is 59.0 Å². The topological polar surface area (TPSA) is 69.4 Å². The van der Waals surface area contributed by atoms with Crippen LogP contribution >= 0.6 is 11.6 Å². The van der Waals surface area contributed by atoms with Crippen molar-refractivity contribution in [3.8, 4) is 0 Å². The number of halogens is 1. The Morgan fingerprint density at radius 3 is 2.43 bits per heavy atom. The van der Waals surface area contributed by atoms with Crippen LogP contribution in [0.15, 0.2) is 52.2 Å². The average molecular weight is 429 g/mol. The molecule has 1 saturated heterocycles. The van der Waals surface area contributed by atoms with E-state index >= 15 is 0 Å². The first-order chi connectivity index (χ1) is 14.4. The Morgan fingerprint density at radius 1 is 1.13 bits per heavy atom. The number of piperazine rings is 1. The zero-order valence-electron chi connectivity index (χ0n) is 17.1. The summed E-state index contributed by atoms with van der Waals surface area (Å²) in [6.07, 6.45) is 2.19. The molecule has 0 N–H and O–H groups in total. The first-order valence-corrected chi connectivity index (χ1v) is 10.5. The van der Waals surface area contributed by atoms with E-state index < -0.39 is 0 Å². The van der Waals surface area contributed by atoms with Crippen LogP contribution in [0.4, 0.5) is 0 Å². The molecule has 2 amide bonds. The zero-order chi connectivity index (χ0) is 21.3. The lowest BCUT2D eigenvalue weighted by Crippen LogP contribution is -2.54. The maximum Gasteiger partial charge on any atom is 0.260 e. The number of hydrogen-bond acceptors (Lipinski definition) is 5. The highest BCUT2D eigenvalue weighted by Gasteiger charge is 2.38. The van der Waals surface area contributed by atoms with Gasteiger partial charge in [0.05, 0.1) is 18.0 Å². The Labute approximate surface area is 180 Å². The van der Waals surface area contributed by atoms with E-state index in [1.165, 1.54) is 0 Å². The van der Waals surface area contributed by atoms with Gasteiger partial charge in [-0.15, -0.1) is 0 Å². The van der Waals surface area contributed by atoms with Gasteiger partial charge in [-0.3, -0.25) is 14.5 Å². The summed E-state index contributed by atoms with van der Waals surface area (Å²) in [7, 11) is 0. The Morgan fingerprint density at radius 2 is 1.83 bits per heavy atom. The molecular formula is C22H25ClN4O3. The van der Waals surface area contributed by atoms with Crippen LogP contribution in [0.5, 0.6) is 0 Å². The second-order valence-electron chi connectivity index (χ2n) is 7.69. The monoisotopic (exact) mass is 428 g/mol. The van der Waals surface area contributed by atoms with Gasteiger partial charge in [0.25, 0.3) is 5.91 Å². The zero-order valence-corrected chi connectivity index (χ0v) is 17.9. The molecule has 2 aliphatic rings. The normalized spacial score (nSPS) is 20.9. The summed E-state index contributed by atoms with van der Waals surface area (Å²) in [5.74, 6) is 0.713. The molecule has 1 fully saturated rings. The van der Waals surface area contributed by atoms with Crippen LogP contribution < -0.4 is 0 Å². The third-order valence-corrected chi connectivity index (χ3v) is 6.10. The summed E-state index contributed by atoms with van der Waals surface area (Å²) in [4.78, 5) is 28.9. The molecule has 0 saturated carbocycles. The van der Waals surface area contributed by atoms with Gasteiger partial charge in [-0.1, -0.05) is 23.7 Å². The van der Waals surface area contributed by atoms with Crippen molar-refractivity contribution in [1.82, 2.24) is 14.8 Å². The fourth-order valence-corrected chi connectivity index (χ4v) is 4.13. The van der Waals surface area contributed by atoms with Gasteiger partial charge in [-0.05, 0) is 36.8 Å². The number of hydrogen-bond donors (Lipinski definition) is 0. The smallest absolute Gasteiger partial charge is 0.260 e. The van der Waals surface area contributed by atoms with Crippen LogP contribution in [-0.2, 0) is 9.59 Å². The van der Waals surface area contributed by atoms with Gasteiger partial charge in [0.15, 0.2) is 0 Å². The Bertz CT molecular complexity index is 934. The molecule has 0 unspecified atom stereocenters. The second kappa shape index (κ2) is 8.62. The predicted octanol–water partition coefficient (Wildman–Crippen LogP) is 3.16. The SMILES string of the molecule is CC(=O)N1CCN([C@@H](C)C(=O)N2N=C(c3ccc(Cl)cc3)C[C@H]2c2ccco2)CC1. The third kappa shape index (κ3) is 4.13. The van der Waals surface area contributed by atoms with E-state index in [2.05, 4.69) is 4.90 Å². The van der Waals surface area contributed by atoms with Crippen molar-refractivity contribution >= 4 is 29.1 Å². The number of rotatable bonds is 4. The maximum atomic E-state index is 13.4. The lowest BCUT2D eigenvalue weighted by Gasteiger charge is -2.38. The molecule has 8 heteroatoms. The van der Waals surface area contributed by atoms with Crippen molar-refractivity contribution < 1.29 is 14.0 Å². The van der Waals surface area contributed by atoms with Crippen LogP contribution in [0.1, 0.15) is 37.6 Å². The van der Waals surface area contributed by atoms with Crippen LogP contribution in [0.25, 0.3) is 0 Å². The molecule has 158 valence electrons. The van der Waals surface area contributed by atoms with E-state index in [1.807, 2.05) is 48.2 Å². The van der Waals surface area contributed by atoms with Gasteiger partial charge in [-0.25, -0.2) is 5.01 Å². The molecule has 30 heavy (non-hydrogen) atoms. The van der Waals surface area contributed by atoms with Crippen molar-refractivity contribution in [1.29, 1.82) is 0 Å². The van der Waals surface area contributed by atoms with Crippen LogP contribution in [0, 0.1) is 0 Å². The molecule has 2 atom stereocenters. The highest BCUT2D eigenvalue weighted by Crippen LogP contribution is 2.34. The van der Waals surface area contributed by atoms with E-state index in [-0.39, 0.29) is 23.9 Å². The summed E-state index contributed by atoms with van der Waals surface area (Å²) in [5, 5.41) is 6.91. The Kier molecular flexibility index (Phi) is 5.92. The average Bonchev–Trinajstić information content (AvgIpc) is 3.43. The Hall–Kier alpha value is -2.64. The summed E-state index contributed by atoms with van der Waals surface area (Å²) in [6.45, 7) is 6.08. The number of furan rings is 1. The van der Waals surface area contributed by atoms with Crippen molar-refractivity contribution in [2.24, 2.45) is 5.10 Å². The fraction of sp³-hybridized carbons (Fsp3) is 0.409. The van der Waals surface area contributed by atoms with Gasteiger partial charge in [-0.2, -0.15) is 5.10 Å². The van der Waals surface area contributed by atoms with Crippen molar-refractivity contribution in [3.63, 3.8) is 0 Å². The summed E-state index contributed by atoms with van der Waals surface area (Å²) >= 11 is 6.02. The van der Waals surface area contributed by atoms with Crippen LogP contribution in [0.3, 0.4) is 0 Å². The van der Waals surface area contributed by atoms with Gasteiger partial charge in [0.2, 0.25) is 5.91 Å². The lowest BCUT2D eigenvalue weighted by atomic mass is 10.0. The number of nitrogens with zero attached hydrogens (tertiary/aromatic N) is 4. The van der Waals surface area contributed by atoms with Crippen LogP contribution in [0.2, 0.25) is 5.02 Å². The molecule has 1 aromatic heterocycles. The highest BCUT2D eigenvalue weighted by molar-refractivity contribution is 6.30. The van der Waals surface area contributed by atoms with E-state index in [4.69, 9.17) is 21.1 Å². The number of benzene rings is 1. The molecule has 2 aromatic rings. The molecule has 0 aliphatic carbocycles. The van der Waals surface area contributed by atoms with Crippen molar-refractivity contribution in [2.45, 2.75) is 32.4 Å². The summed E-state index contributed by atoms with van der Waals surface area (Å²) < 4.78 is 5.62. The van der Waals surface area contributed by atoms with E-state index in [0.717, 1.165) is 11.3 Å². The molecule has 7 nitrogen and oxygen atoms in total. The van der Waals surface area contributed by atoms with Gasteiger partial charge in [0, 0.05) is 44.5 Å². The minimum absolute atomic E-state index is 0.0725. The number of carbonyl (C=O) groups excluding carboxylic acids is 2. The minimum Gasteiger partial charge on any atom is -0.467 e. The first-order valence-electron chi connectivity index (χ1n) is 10.1. The van der Waals surface area contributed by atoms with E-state index in [0.29, 0.717) is 43.4 Å². The molecule has 1 aromatic carbocycles. The highest BCUT2D eigenvalue weighted by atomic mass is 35.5. The molecule has 4 rings (SSSR count). The van der Waals surface area contributed by atoms with Gasteiger partial charge < -0.3 is 9.32 Å². The van der Waals surface area contributed by atoms with Crippen molar-refractivity contribution in [2.75, 3.05) is 26.2 Å². The van der Waals surface area contributed by atoms with Gasteiger partial charge >= 0.3 is 0 Å². The van der Waals surface area contributed by atoms with Gasteiger partial charge in [0.1, 0.15) is 11.8 Å². The maximum absolute atomic E-state index is 13.4. The molecule has 2 aliphatic heterocycles. The van der Waals surface area contributed by atoms with E-state index in [1.54, 1.807) is 18.2 Å². The number of amides is 2. The lowest BCUT2D eigenvalue weighted by molar-refractivity contribution is -0.140. The van der Waals surface area contributed by atoms with E-state index in [9.17, 15) is 9.59 Å². The Balaban J connectivity index is 1.54. The minimum atomic E-state index is -0.343. The molecular weight excluding hydrogens is 404 g/mol. The third-order valence-electron chi connectivity index (χ3n) is 5.85. The fourth-order valence-electron chi connectivity index (χ4n) is 4.00. The molecule has 0 spiro atoms. The molecule has 0 radical (unpaired) electrons. The largest absolute Gasteiger partial charge is 0.467 e. The van der Waals surface area contributed by atoms with Crippen LogP contribution in [-0.4, -0.2) is 64.6 Å². The number of carbonyl (C=O) groups is 2. The second-order valence-corrected chi connectivity index (χ2v) is 8.13. The number of hydrazone groups is 1. The molecule has 0 bridgehead atoms. The summed E-state index contributed by atoms with van der Waals surface area (Å²) in [5.41, 5.74) is 1.77. The standard InChI is InChI=1S/C22H25ClN4O3/c1-15(25-9-11-26(12-10-25)16(2)28)22(29)27-20(21-4-3-13-30-21)14-19(24-27)17-5-7-18(23)8-6-17/h3-8,13,15,20H,9-12,14H2,1-2H3/t15-,20-/m0/s1. The predicted molar refractivity (Wildman–Crippen MR) is 114 cm³/mol. The quantitative estimate of drug-likeness (QED) is 0.750. The first kappa shape index (κ1) is 20.6.